The minimum atomic E-state index is -0.623. The molecular weight excluding hydrogens is 1030 g/mol. The Balaban J connectivity index is 0.875. The summed E-state index contributed by atoms with van der Waals surface area (Å²) in [4.78, 5) is 0. The van der Waals surface area contributed by atoms with Crippen LogP contribution in [0, 0.1) is 27.7 Å². The minimum absolute atomic E-state index is 0.556. The van der Waals surface area contributed by atoms with E-state index < -0.39 is 10.8 Å². The second kappa shape index (κ2) is 18.2. The van der Waals surface area contributed by atoms with Crippen LogP contribution < -0.4 is 0 Å². The molecule has 0 heterocycles. The summed E-state index contributed by atoms with van der Waals surface area (Å²) in [6.07, 6.45) is 1.83. The van der Waals surface area contributed by atoms with Gasteiger partial charge < -0.3 is 0 Å². The average Bonchev–Trinajstić information content (AvgIpc) is 1.62. The monoisotopic (exact) mass is 1090 g/mol. The van der Waals surface area contributed by atoms with Gasteiger partial charge in [0.2, 0.25) is 0 Å². The van der Waals surface area contributed by atoms with Gasteiger partial charge in [0.05, 0.1) is 10.8 Å². The van der Waals surface area contributed by atoms with Gasteiger partial charge in [0.1, 0.15) is 0 Å². The van der Waals surface area contributed by atoms with Crippen LogP contribution in [-0.2, 0) is 23.7 Å². The highest BCUT2D eigenvalue weighted by Crippen LogP contribution is 2.61. The van der Waals surface area contributed by atoms with E-state index in [1.807, 2.05) is 0 Å². The van der Waals surface area contributed by atoms with Gasteiger partial charge in [-0.25, -0.2) is 0 Å². The lowest BCUT2D eigenvalue weighted by atomic mass is 9.66. The molecule has 0 saturated heterocycles. The van der Waals surface area contributed by atoms with Crippen molar-refractivity contribution in [2.75, 3.05) is 0 Å². The number of fused-ring (bicyclic) bond motifs is 4. The first kappa shape index (κ1) is 49.3. The van der Waals surface area contributed by atoms with Crippen LogP contribution in [0.2, 0.25) is 0 Å². The summed E-state index contributed by atoms with van der Waals surface area (Å²) >= 11 is 0. The molecule has 16 bridgehead atoms. The van der Waals surface area contributed by atoms with E-state index in [9.17, 15) is 0 Å². The molecule has 0 fully saturated rings. The summed E-state index contributed by atoms with van der Waals surface area (Å²) in [7, 11) is 0. The van der Waals surface area contributed by atoms with Crippen LogP contribution in [0.25, 0.3) is 100 Å². The van der Waals surface area contributed by atoms with Gasteiger partial charge >= 0.3 is 0 Å². The molecular formula is C86H60. The second-order valence-electron chi connectivity index (χ2n) is 25.4. The molecule has 2 unspecified atom stereocenters. The van der Waals surface area contributed by atoms with Crippen molar-refractivity contribution in [2.24, 2.45) is 0 Å². The van der Waals surface area contributed by atoms with E-state index in [0.29, 0.717) is 0 Å². The summed E-state index contributed by atoms with van der Waals surface area (Å²) in [5.74, 6) is 0. The summed E-state index contributed by atoms with van der Waals surface area (Å²) in [6.45, 7) is 8.83. The van der Waals surface area contributed by atoms with E-state index in [0.717, 1.165) is 12.8 Å². The first-order valence-electron chi connectivity index (χ1n) is 30.7. The summed E-state index contributed by atoms with van der Waals surface area (Å²) < 4.78 is 0. The van der Waals surface area contributed by atoms with Crippen molar-refractivity contribution in [3.05, 3.63) is 356 Å². The van der Waals surface area contributed by atoms with Crippen LogP contribution in [0.15, 0.2) is 267 Å². The first-order valence-corrected chi connectivity index (χ1v) is 30.7. The molecule has 0 amide bonds. The first-order chi connectivity index (χ1) is 42.1. The third kappa shape index (κ3) is 7.05. The molecule has 0 aromatic heterocycles. The van der Waals surface area contributed by atoms with Gasteiger partial charge in [-0.15, -0.1) is 0 Å². The van der Waals surface area contributed by atoms with Gasteiger partial charge in [0.15, 0.2) is 0 Å². The Morgan fingerprint density at radius 3 is 0.802 bits per heavy atom. The molecule has 0 aliphatic heterocycles. The van der Waals surface area contributed by atoms with Crippen molar-refractivity contribution in [3.8, 4) is 100 Å². The molecule has 13 aromatic rings. The smallest absolute Gasteiger partial charge is 0.0590 e. The van der Waals surface area contributed by atoms with Gasteiger partial charge in [0, 0.05) is 0 Å². The van der Waals surface area contributed by atoms with Crippen molar-refractivity contribution in [1.29, 1.82) is 0 Å². The summed E-state index contributed by atoms with van der Waals surface area (Å²) in [6, 6.07) is 105. The molecule has 21 rings (SSSR count). The van der Waals surface area contributed by atoms with Crippen molar-refractivity contribution >= 4 is 0 Å². The fourth-order valence-electron chi connectivity index (χ4n) is 16.1. The van der Waals surface area contributed by atoms with Crippen LogP contribution in [0.1, 0.15) is 89.0 Å². The Labute approximate surface area is 504 Å². The number of hydrogen-bond donors (Lipinski definition) is 0. The minimum Gasteiger partial charge on any atom is -0.0590 e. The van der Waals surface area contributed by atoms with Gasteiger partial charge in [-0.2, -0.15) is 0 Å². The zero-order chi connectivity index (χ0) is 57.2. The van der Waals surface area contributed by atoms with Gasteiger partial charge in [-0.1, -0.05) is 247 Å². The maximum Gasteiger partial charge on any atom is 0.0714 e. The van der Waals surface area contributed by atoms with Crippen LogP contribution in [-0.4, -0.2) is 0 Å². The molecule has 0 N–H and O–H groups in total. The molecule has 2 atom stereocenters. The van der Waals surface area contributed by atoms with E-state index in [1.165, 1.54) is 189 Å². The Kier molecular flexibility index (Phi) is 10.4. The predicted molar refractivity (Wildman–Crippen MR) is 357 cm³/mol. The van der Waals surface area contributed by atoms with E-state index in [1.54, 1.807) is 0 Å². The zero-order valence-corrected chi connectivity index (χ0v) is 48.8. The molecule has 0 spiro atoms. The Bertz CT molecular complexity index is 5030. The maximum atomic E-state index is 2.57. The predicted octanol–water partition coefficient (Wildman–Crippen LogP) is 21.4. The fraction of sp³-hybridized carbons (Fsp3) is 0.0930. The van der Waals surface area contributed by atoms with Crippen LogP contribution in [0.5, 0.6) is 0 Å². The molecule has 0 nitrogen and oxygen atoms in total. The summed E-state index contributed by atoms with van der Waals surface area (Å²) in [5, 5.41) is 0. The van der Waals surface area contributed by atoms with Gasteiger partial charge in [-0.05, 0) is 250 Å². The van der Waals surface area contributed by atoms with Crippen molar-refractivity contribution in [1.82, 2.24) is 0 Å². The van der Waals surface area contributed by atoms with Crippen molar-refractivity contribution in [2.45, 2.75) is 51.4 Å². The third-order valence-electron chi connectivity index (χ3n) is 20.5. The molecule has 404 valence electrons. The van der Waals surface area contributed by atoms with Gasteiger partial charge in [0.25, 0.3) is 0 Å². The van der Waals surface area contributed by atoms with E-state index in [2.05, 4.69) is 295 Å². The maximum absolute atomic E-state index is 2.57. The Morgan fingerprint density at radius 1 is 0.186 bits per heavy atom. The molecule has 13 aromatic carbocycles. The normalized spacial score (nSPS) is 16.4. The lowest BCUT2D eigenvalue weighted by Crippen LogP contribution is -2.29. The number of benzene rings is 13. The van der Waals surface area contributed by atoms with Crippen molar-refractivity contribution in [3.63, 3.8) is 0 Å². The van der Waals surface area contributed by atoms with Crippen molar-refractivity contribution < 1.29 is 0 Å². The number of rotatable bonds is 3. The van der Waals surface area contributed by atoms with E-state index >= 15 is 0 Å². The standard InChI is InChI=1S/C86H60/c1-51-5-12-55(13-6-51)62-28-39-75-76-40-30-64-48-84(76)86(83(75)46-62,70-33-9-53(3)10-34-70)72-36-27-68-43-66-25-23-61(45-78(66)80(68)50-72)56-14-18-58(19-15-56)63-29-38-74-73-37-11-54(4)41-81(73)85(82(74)47-63,69-31-7-52(2)8-32-69)71-35-26-67-42-65-24-22-60(44-77(65)79(67)49-71)57-16-20-59(64)21-17-57/h5-41,44-50H,42-43H2,1-4H3. The topological polar surface area (TPSA) is 0 Å². The highest BCUT2D eigenvalue weighted by molar-refractivity contribution is 5.94. The lowest BCUT2D eigenvalue weighted by Gasteiger charge is -2.35. The Hall–Kier alpha value is -10.1. The fourth-order valence-corrected chi connectivity index (χ4v) is 16.1. The van der Waals surface area contributed by atoms with Crippen LogP contribution in [0.3, 0.4) is 0 Å². The largest absolute Gasteiger partial charge is 0.0714 e. The molecule has 8 aliphatic rings. The third-order valence-corrected chi connectivity index (χ3v) is 20.5. The molecule has 0 saturated carbocycles. The highest BCUT2D eigenvalue weighted by Gasteiger charge is 2.49. The highest BCUT2D eigenvalue weighted by atomic mass is 14.5. The molecule has 0 heteroatoms. The molecule has 0 radical (unpaired) electrons. The molecule has 8 aliphatic carbocycles. The molecule has 86 heavy (non-hydrogen) atoms. The van der Waals surface area contributed by atoms with E-state index in [-0.39, 0.29) is 0 Å². The quantitative estimate of drug-likeness (QED) is 0.165. The summed E-state index contributed by atoms with van der Waals surface area (Å²) in [5.41, 5.74) is 42.5. The SMILES string of the molecule is Cc1ccc(-c2ccc3c(c2)C2(c4ccc(C)cc4)c4ccc5c(c4)-c4cc(ccc4C5)-c4ccc(cc4)-c4ccc5c(c4)C(c4ccc(C)cc4)(c4ccc6c(c4)-c4cc(ccc4C6)-c4ccc(cc4)-c4ccc-3c2c4)c2cc(C)ccc2-5)cc1. The average molecular weight is 1090 g/mol. The zero-order valence-electron chi connectivity index (χ0n) is 48.8. The van der Waals surface area contributed by atoms with E-state index in [4.69, 9.17) is 0 Å². The number of hydrogen-bond acceptors (Lipinski definition) is 0. The van der Waals surface area contributed by atoms with Crippen LogP contribution in [0.4, 0.5) is 0 Å². The Morgan fingerprint density at radius 2 is 0.430 bits per heavy atom. The lowest BCUT2D eigenvalue weighted by molar-refractivity contribution is 0.767. The van der Waals surface area contributed by atoms with Gasteiger partial charge in [-0.3, -0.25) is 0 Å². The second-order valence-corrected chi connectivity index (χ2v) is 25.4. The van der Waals surface area contributed by atoms with Crippen LogP contribution >= 0.6 is 0 Å². The number of aryl methyl sites for hydroxylation is 4.